The van der Waals surface area contributed by atoms with Crippen molar-refractivity contribution in [3.63, 3.8) is 0 Å². The summed E-state index contributed by atoms with van der Waals surface area (Å²) in [6.07, 6.45) is 2.65. The lowest BCUT2D eigenvalue weighted by atomic mass is 9.89. The molecule has 3 heteroatoms. The number of fused-ring (bicyclic) bond motifs is 1. The van der Waals surface area contributed by atoms with Gasteiger partial charge >= 0.3 is 0 Å². The van der Waals surface area contributed by atoms with Crippen LogP contribution in [0.3, 0.4) is 0 Å². The largest absolute Gasteiger partial charge is 0.493 e. The molecular weight excluding hydrogens is 260 g/mol. The third-order valence-corrected chi connectivity index (χ3v) is 5.14. The molecule has 2 aliphatic rings. The molecule has 2 heterocycles. The van der Waals surface area contributed by atoms with E-state index in [4.69, 9.17) is 4.74 Å². The first-order valence-corrected chi connectivity index (χ1v) is 8.45. The van der Waals surface area contributed by atoms with Crippen LogP contribution in [0.25, 0.3) is 0 Å². The molecule has 1 fully saturated rings. The Morgan fingerprint density at radius 3 is 2.81 bits per heavy atom. The van der Waals surface area contributed by atoms with Gasteiger partial charge in [0.25, 0.3) is 0 Å². The maximum atomic E-state index is 5.81. The van der Waals surface area contributed by atoms with Gasteiger partial charge in [-0.25, -0.2) is 0 Å². The van der Waals surface area contributed by atoms with E-state index in [2.05, 4.69) is 48.3 Å². The fraction of sp³-hybridized carbons (Fsp3) is 0.667. The molecule has 1 aromatic rings. The van der Waals surface area contributed by atoms with Crippen LogP contribution in [0, 0.1) is 5.92 Å². The second-order valence-electron chi connectivity index (χ2n) is 6.53. The first kappa shape index (κ1) is 14.9. The zero-order valence-electron chi connectivity index (χ0n) is 13.3. The molecule has 1 N–H and O–H groups in total. The number of benzene rings is 1. The molecule has 0 spiro atoms. The normalized spacial score (nSPS) is 24.6. The highest BCUT2D eigenvalue weighted by molar-refractivity contribution is 5.39. The molecule has 3 rings (SSSR count). The van der Waals surface area contributed by atoms with Gasteiger partial charge in [-0.15, -0.1) is 0 Å². The molecule has 0 aromatic heterocycles. The zero-order valence-corrected chi connectivity index (χ0v) is 13.3. The SMILES string of the molecule is CCNC(C)C1CCN(CC2COc3ccccc32)CC1. The number of ether oxygens (including phenoxy) is 1. The van der Waals surface area contributed by atoms with Crippen LogP contribution in [0.5, 0.6) is 5.75 Å². The fourth-order valence-corrected chi connectivity index (χ4v) is 3.82. The van der Waals surface area contributed by atoms with Gasteiger partial charge < -0.3 is 15.0 Å². The van der Waals surface area contributed by atoms with Crippen molar-refractivity contribution in [3.8, 4) is 5.75 Å². The number of nitrogens with one attached hydrogen (secondary N) is 1. The van der Waals surface area contributed by atoms with Crippen LogP contribution in [0.15, 0.2) is 24.3 Å². The molecule has 1 aromatic carbocycles. The predicted molar refractivity (Wildman–Crippen MR) is 87.0 cm³/mol. The van der Waals surface area contributed by atoms with E-state index in [0.717, 1.165) is 31.4 Å². The summed E-state index contributed by atoms with van der Waals surface area (Å²) in [5.74, 6) is 2.50. The van der Waals surface area contributed by atoms with Gasteiger partial charge in [0, 0.05) is 24.1 Å². The Morgan fingerprint density at radius 1 is 1.29 bits per heavy atom. The van der Waals surface area contributed by atoms with Crippen LogP contribution >= 0.6 is 0 Å². The predicted octanol–water partition coefficient (Wildman–Crippen LogP) is 2.87. The smallest absolute Gasteiger partial charge is 0.122 e. The van der Waals surface area contributed by atoms with E-state index < -0.39 is 0 Å². The zero-order chi connectivity index (χ0) is 14.7. The van der Waals surface area contributed by atoms with Gasteiger partial charge in [0.2, 0.25) is 0 Å². The average molecular weight is 288 g/mol. The lowest BCUT2D eigenvalue weighted by Crippen LogP contribution is -2.43. The summed E-state index contributed by atoms with van der Waals surface area (Å²) < 4.78 is 5.81. The molecule has 2 atom stereocenters. The van der Waals surface area contributed by atoms with E-state index in [1.165, 1.54) is 31.5 Å². The van der Waals surface area contributed by atoms with Crippen molar-refractivity contribution < 1.29 is 4.74 Å². The van der Waals surface area contributed by atoms with E-state index in [1.54, 1.807) is 0 Å². The maximum Gasteiger partial charge on any atom is 0.122 e. The number of likely N-dealkylation sites (tertiary alicyclic amines) is 1. The molecule has 0 amide bonds. The van der Waals surface area contributed by atoms with Crippen molar-refractivity contribution >= 4 is 0 Å². The van der Waals surface area contributed by atoms with E-state index >= 15 is 0 Å². The Kier molecular flexibility index (Phi) is 4.81. The second-order valence-corrected chi connectivity index (χ2v) is 6.53. The number of hydrogen-bond acceptors (Lipinski definition) is 3. The highest BCUT2D eigenvalue weighted by atomic mass is 16.5. The Labute approximate surface area is 128 Å². The lowest BCUT2D eigenvalue weighted by molar-refractivity contribution is 0.150. The second kappa shape index (κ2) is 6.80. The summed E-state index contributed by atoms with van der Waals surface area (Å²) in [6, 6.07) is 9.18. The minimum absolute atomic E-state index is 0.559. The topological polar surface area (TPSA) is 24.5 Å². The van der Waals surface area contributed by atoms with Gasteiger partial charge in [-0.3, -0.25) is 0 Å². The van der Waals surface area contributed by atoms with Crippen molar-refractivity contribution in [2.24, 2.45) is 5.92 Å². The van der Waals surface area contributed by atoms with E-state index in [-0.39, 0.29) is 0 Å². The minimum Gasteiger partial charge on any atom is -0.493 e. The molecule has 21 heavy (non-hydrogen) atoms. The summed E-state index contributed by atoms with van der Waals surface area (Å²) >= 11 is 0. The third kappa shape index (κ3) is 3.41. The Balaban J connectivity index is 1.50. The number of rotatable bonds is 5. The van der Waals surface area contributed by atoms with Crippen LogP contribution in [-0.4, -0.2) is 43.7 Å². The minimum atomic E-state index is 0.559. The van der Waals surface area contributed by atoms with Gasteiger partial charge in [0.15, 0.2) is 0 Å². The molecule has 0 aliphatic carbocycles. The summed E-state index contributed by atoms with van der Waals surface area (Å²) in [4.78, 5) is 2.63. The lowest BCUT2D eigenvalue weighted by Gasteiger charge is -2.36. The molecule has 0 saturated carbocycles. The first-order valence-electron chi connectivity index (χ1n) is 8.45. The van der Waals surface area contributed by atoms with Crippen LogP contribution in [0.1, 0.15) is 38.2 Å². The van der Waals surface area contributed by atoms with Gasteiger partial charge in [0.1, 0.15) is 5.75 Å². The van der Waals surface area contributed by atoms with Crippen molar-refractivity contribution in [2.75, 3.05) is 32.8 Å². The van der Waals surface area contributed by atoms with Crippen LogP contribution in [-0.2, 0) is 0 Å². The van der Waals surface area contributed by atoms with E-state index in [0.29, 0.717) is 12.0 Å². The van der Waals surface area contributed by atoms with Gasteiger partial charge in [0.05, 0.1) is 6.61 Å². The Morgan fingerprint density at radius 2 is 2.05 bits per heavy atom. The summed E-state index contributed by atoms with van der Waals surface area (Å²) in [7, 11) is 0. The van der Waals surface area contributed by atoms with Crippen molar-refractivity contribution in [3.05, 3.63) is 29.8 Å². The van der Waals surface area contributed by atoms with E-state index in [9.17, 15) is 0 Å². The van der Waals surface area contributed by atoms with Crippen molar-refractivity contribution in [1.82, 2.24) is 10.2 Å². The molecule has 2 aliphatic heterocycles. The molecule has 2 unspecified atom stereocenters. The Bertz CT molecular complexity index is 454. The third-order valence-electron chi connectivity index (χ3n) is 5.14. The van der Waals surface area contributed by atoms with Gasteiger partial charge in [-0.2, -0.15) is 0 Å². The molecule has 0 bridgehead atoms. The summed E-state index contributed by atoms with van der Waals surface area (Å²) in [6.45, 7) is 10.1. The van der Waals surface area contributed by atoms with Gasteiger partial charge in [-0.1, -0.05) is 25.1 Å². The molecule has 116 valence electrons. The molecular formula is C18H28N2O. The van der Waals surface area contributed by atoms with Crippen LogP contribution in [0.2, 0.25) is 0 Å². The van der Waals surface area contributed by atoms with E-state index in [1.807, 2.05) is 0 Å². The first-order chi connectivity index (χ1) is 10.3. The average Bonchev–Trinajstić information content (AvgIpc) is 2.92. The van der Waals surface area contributed by atoms with Crippen LogP contribution in [0.4, 0.5) is 0 Å². The number of para-hydroxylation sites is 1. The number of nitrogens with zero attached hydrogens (tertiary/aromatic N) is 1. The standard InChI is InChI=1S/C18H28N2O/c1-3-19-14(2)15-8-10-20(11-9-15)12-16-13-21-18-7-5-4-6-17(16)18/h4-7,14-16,19H,3,8-13H2,1-2H3. The van der Waals surface area contributed by atoms with Crippen LogP contribution < -0.4 is 10.1 Å². The number of hydrogen-bond donors (Lipinski definition) is 1. The maximum absolute atomic E-state index is 5.81. The van der Waals surface area contributed by atoms with Gasteiger partial charge in [-0.05, 0) is 51.4 Å². The highest BCUT2D eigenvalue weighted by Crippen LogP contribution is 2.34. The fourth-order valence-electron chi connectivity index (χ4n) is 3.82. The van der Waals surface area contributed by atoms with Crippen molar-refractivity contribution in [2.45, 2.75) is 38.6 Å². The van der Waals surface area contributed by atoms with Crippen molar-refractivity contribution in [1.29, 1.82) is 0 Å². The number of piperidine rings is 1. The Hall–Kier alpha value is -1.06. The molecule has 3 nitrogen and oxygen atoms in total. The summed E-state index contributed by atoms with van der Waals surface area (Å²) in [5, 5.41) is 3.58. The molecule has 0 radical (unpaired) electrons. The molecule has 1 saturated heterocycles. The highest BCUT2D eigenvalue weighted by Gasteiger charge is 2.29. The summed E-state index contributed by atoms with van der Waals surface area (Å²) in [5.41, 5.74) is 1.40. The monoisotopic (exact) mass is 288 g/mol. The quantitative estimate of drug-likeness (QED) is 0.901.